The third-order valence-electron chi connectivity index (χ3n) is 2.23. The molecule has 0 aliphatic rings. The maximum atomic E-state index is 11.8. The van der Waals surface area contributed by atoms with Gasteiger partial charge in [-0.25, -0.2) is 4.79 Å². The first-order valence-corrected chi connectivity index (χ1v) is 5.52. The van der Waals surface area contributed by atoms with E-state index >= 15 is 0 Å². The Labute approximate surface area is 101 Å². The van der Waals surface area contributed by atoms with Gasteiger partial charge in [0.05, 0.1) is 0 Å². The topological polar surface area (TPSA) is 52.6 Å². The molecule has 0 saturated heterocycles. The van der Waals surface area contributed by atoms with Crippen LogP contribution in [0.25, 0.3) is 0 Å². The fraction of sp³-hybridized carbons (Fsp3) is 0.385. The zero-order valence-electron chi connectivity index (χ0n) is 9.96. The van der Waals surface area contributed by atoms with Gasteiger partial charge in [0.15, 0.2) is 6.10 Å². The van der Waals surface area contributed by atoms with Crippen molar-refractivity contribution >= 4 is 12.3 Å². The summed E-state index contributed by atoms with van der Waals surface area (Å²) in [6, 6.07) is 8.70. The normalized spacial score (nSPS) is 13.8. The largest absolute Gasteiger partial charge is 0.425 e. The maximum absolute atomic E-state index is 11.8. The van der Waals surface area contributed by atoms with Crippen molar-refractivity contribution in [2.45, 2.75) is 20.0 Å². The minimum Gasteiger partial charge on any atom is -0.425 e. The van der Waals surface area contributed by atoms with E-state index in [4.69, 9.17) is 9.47 Å². The molecule has 2 unspecified atom stereocenters. The molecule has 2 atom stereocenters. The van der Waals surface area contributed by atoms with E-state index in [1.54, 1.807) is 38.1 Å². The summed E-state index contributed by atoms with van der Waals surface area (Å²) in [7, 11) is 0. The number of esters is 1. The molecule has 4 heteroatoms. The Morgan fingerprint density at radius 2 is 2.00 bits per heavy atom. The molecule has 1 aromatic carbocycles. The van der Waals surface area contributed by atoms with Crippen LogP contribution in [0.1, 0.15) is 13.8 Å². The van der Waals surface area contributed by atoms with Crippen LogP contribution in [-0.4, -0.2) is 25.0 Å². The molecule has 0 aliphatic carbocycles. The van der Waals surface area contributed by atoms with Gasteiger partial charge < -0.3 is 14.3 Å². The molecule has 0 fully saturated rings. The smallest absolute Gasteiger partial charge is 0.341 e. The van der Waals surface area contributed by atoms with Gasteiger partial charge in [0, 0.05) is 12.5 Å². The number of carbonyl (C=O) groups is 2. The predicted octanol–water partition coefficient (Wildman–Crippen LogP) is 1.83. The fourth-order valence-corrected chi connectivity index (χ4v) is 1.35. The van der Waals surface area contributed by atoms with Gasteiger partial charge in [-0.15, -0.1) is 0 Å². The van der Waals surface area contributed by atoms with Crippen molar-refractivity contribution in [1.82, 2.24) is 0 Å². The third kappa shape index (κ3) is 4.00. The zero-order valence-corrected chi connectivity index (χ0v) is 9.96. The molecule has 0 spiro atoms. The van der Waals surface area contributed by atoms with Gasteiger partial charge in [0.1, 0.15) is 12.0 Å². The molecule has 0 aliphatic heterocycles. The second-order valence-corrected chi connectivity index (χ2v) is 3.61. The lowest BCUT2D eigenvalue weighted by molar-refractivity contribution is -0.152. The lowest BCUT2D eigenvalue weighted by atomic mass is 10.1. The summed E-state index contributed by atoms with van der Waals surface area (Å²) in [6.45, 7) is 3.74. The first-order valence-electron chi connectivity index (χ1n) is 5.52. The van der Waals surface area contributed by atoms with Gasteiger partial charge >= 0.3 is 5.97 Å². The molecule has 92 valence electrons. The fourth-order valence-electron chi connectivity index (χ4n) is 1.35. The molecule has 1 rings (SSSR count). The van der Waals surface area contributed by atoms with Crippen LogP contribution in [0, 0.1) is 5.92 Å². The van der Waals surface area contributed by atoms with Crippen LogP contribution in [0.2, 0.25) is 0 Å². The summed E-state index contributed by atoms with van der Waals surface area (Å²) in [5.74, 6) is -0.621. The standard InChI is InChI=1S/C13H16O4/c1-3-16-12(10(2)9-14)13(15)17-11-7-5-4-6-8-11/h4-10,12H,3H2,1-2H3. The second kappa shape index (κ2) is 6.81. The molecule has 0 bridgehead atoms. The Morgan fingerprint density at radius 3 is 2.53 bits per heavy atom. The quantitative estimate of drug-likeness (QED) is 0.429. The van der Waals surface area contributed by atoms with E-state index in [0.717, 1.165) is 0 Å². The molecule has 0 radical (unpaired) electrons. The van der Waals surface area contributed by atoms with Gasteiger partial charge in [-0.3, -0.25) is 0 Å². The number of aldehydes is 1. The maximum Gasteiger partial charge on any atom is 0.341 e. The van der Waals surface area contributed by atoms with Crippen LogP contribution in [0.15, 0.2) is 30.3 Å². The Bertz CT molecular complexity index is 361. The number of para-hydroxylation sites is 1. The van der Waals surface area contributed by atoms with E-state index in [9.17, 15) is 9.59 Å². The molecule has 17 heavy (non-hydrogen) atoms. The van der Waals surface area contributed by atoms with Crippen LogP contribution in [0.5, 0.6) is 5.75 Å². The highest BCUT2D eigenvalue weighted by molar-refractivity contribution is 5.80. The van der Waals surface area contributed by atoms with Gasteiger partial charge in [-0.2, -0.15) is 0 Å². The van der Waals surface area contributed by atoms with Gasteiger partial charge in [0.25, 0.3) is 0 Å². The van der Waals surface area contributed by atoms with Crippen molar-refractivity contribution in [3.05, 3.63) is 30.3 Å². The van der Waals surface area contributed by atoms with Gasteiger partial charge in [-0.05, 0) is 19.1 Å². The molecule has 0 heterocycles. The van der Waals surface area contributed by atoms with E-state index in [2.05, 4.69) is 0 Å². The van der Waals surface area contributed by atoms with E-state index in [1.165, 1.54) is 0 Å². The van der Waals surface area contributed by atoms with Gasteiger partial charge in [-0.1, -0.05) is 25.1 Å². The lowest BCUT2D eigenvalue weighted by Crippen LogP contribution is -2.35. The molecular weight excluding hydrogens is 220 g/mol. The molecule has 0 saturated carbocycles. The zero-order chi connectivity index (χ0) is 12.7. The summed E-state index contributed by atoms with van der Waals surface area (Å²) in [6.07, 6.45) is -0.162. The summed E-state index contributed by atoms with van der Waals surface area (Å²) in [4.78, 5) is 22.5. The van der Waals surface area contributed by atoms with Crippen LogP contribution in [0.3, 0.4) is 0 Å². The Hall–Kier alpha value is -1.68. The van der Waals surface area contributed by atoms with Crippen LogP contribution < -0.4 is 4.74 Å². The van der Waals surface area contributed by atoms with Crippen molar-refractivity contribution < 1.29 is 19.1 Å². The molecular formula is C13H16O4. The minimum absolute atomic E-state index is 0.354. The number of carbonyl (C=O) groups excluding carboxylic acids is 2. The van der Waals surface area contributed by atoms with E-state index < -0.39 is 18.0 Å². The Balaban J connectivity index is 2.68. The number of ether oxygens (including phenoxy) is 2. The monoisotopic (exact) mass is 236 g/mol. The van der Waals surface area contributed by atoms with E-state index in [1.807, 2.05) is 6.07 Å². The van der Waals surface area contributed by atoms with E-state index in [-0.39, 0.29) is 0 Å². The summed E-state index contributed by atoms with van der Waals surface area (Å²) >= 11 is 0. The highest BCUT2D eigenvalue weighted by Gasteiger charge is 2.27. The summed E-state index contributed by atoms with van der Waals surface area (Å²) in [5.41, 5.74) is 0. The lowest BCUT2D eigenvalue weighted by Gasteiger charge is -2.18. The van der Waals surface area contributed by atoms with Crippen molar-refractivity contribution in [1.29, 1.82) is 0 Å². The average molecular weight is 236 g/mol. The first-order chi connectivity index (χ1) is 8.19. The van der Waals surface area contributed by atoms with Gasteiger partial charge in [0.2, 0.25) is 0 Å². The molecule has 0 amide bonds. The second-order valence-electron chi connectivity index (χ2n) is 3.61. The molecule has 1 aromatic rings. The van der Waals surface area contributed by atoms with Crippen LogP contribution >= 0.6 is 0 Å². The van der Waals surface area contributed by atoms with Crippen molar-refractivity contribution in [3.63, 3.8) is 0 Å². The number of hydrogen-bond donors (Lipinski definition) is 0. The van der Waals surface area contributed by atoms with Crippen LogP contribution in [0.4, 0.5) is 0 Å². The van der Waals surface area contributed by atoms with Crippen molar-refractivity contribution in [2.24, 2.45) is 5.92 Å². The van der Waals surface area contributed by atoms with Crippen LogP contribution in [-0.2, 0) is 14.3 Å². The highest BCUT2D eigenvalue weighted by atomic mass is 16.6. The van der Waals surface area contributed by atoms with Crippen molar-refractivity contribution in [2.75, 3.05) is 6.61 Å². The average Bonchev–Trinajstić information content (AvgIpc) is 2.36. The third-order valence-corrected chi connectivity index (χ3v) is 2.23. The summed E-state index contributed by atoms with van der Waals surface area (Å²) in [5, 5.41) is 0. The number of rotatable bonds is 6. The molecule has 0 aromatic heterocycles. The number of hydrogen-bond acceptors (Lipinski definition) is 4. The Morgan fingerprint density at radius 1 is 1.35 bits per heavy atom. The van der Waals surface area contributed by atoms with Crippen molar-refractivity contribution in [3.8, 4) is 5.75 Å². The highest BCUT2D eigenvalue weighted by Crippen LogP contribution is 2.13. The number of benzene rings is 1. The van der Waals surface area contributed by atoms with E-state index in [0.29, 0.717) is 18.6 Å². The predicted molar refractivity (Wildman–Crippen MR) is 62.7 cm³/mol. The Kier molecular flexibility index (Phi) is 5.36. The minimum atomic E-state index is -0.849. The molecule has 4 nitrogen and oxygen atoms in total. The summed E-state index contributed by atoms with van der Waals surface area (Å²) < 4.78 is 10.4. The first kappa shape index (κ1) is 13.4. The SMILES string of the molecule is CCOC(C(=O)Oc1ccccc1)C(C)C=O. The molecule has 0 N–H and O–H groups in total.